The summed E-state index contributed by atoms with van der Waals surface area (Å²) in [5, 5.41) is 3.32. The van der Waals surface area contributed by atoms with Crippen molar-refractivity contribution in [2.75, 3.05) is 26.7 Å². The number of hydrogen-bond donors (Lipinski definition) is 1. The molecule has 23 heavy (non-hydrogen) atoms. The van der Waals surface area contributed by atoms with Crippen molar-refractivity contribution < 1.29 is 9.13 Å². The van der Waals surface area contributed by atoms with E-state index >= 15 is 0 Å². The minimum Gasteiger partial charge on any atom is -0.491 e. The molecule has 1 aliphatic rings. The summed E-state index contributed by atoms with van der Waals surface area (Å²) in [7, 11) is 1.79. The van der Waals surface area contributed by atoms with Gasteiger partial charge >= 0.3 is 0 Å². The molecule has 0 radical (unpaired) electrons. The fourth-order valence-electron chi connectivity index (χ4n) is 2.66. The molecule has 130 valence electrons. The first-order chi connectivity index (χ1) is 10.6. The van der Waals surface area contributed by atoms with Gasteiger partial charge in [0.1, 0.15) is 0 Å². The Morgan fingerprint density at radius 1 is 1.39 bits per heavy atom. The molecule has 0 unspecified atom stereocenters. The van der Waals surface area contributed by atoms with E-state index in [2.05, 4.69) is 22.1 Å². The van der Waals surface area contributed by atoms with Crippen LogP contribution in [0.1, 0.15) is 32.3 Å². The van der Waals surface area contributed by atoms with E-state index in [1.165, 1.54) is 18.9 Å². The van der Waals surface area contributed by atoms with Gasteiger partial charge in [-0.2, -0.15) is 0 Å². The van der Waals surface area contributed by atoms with Gasteiger partial charge in [-0.1, -0.05) is 13.0 Å². The van der Waals surface area contributed by atoms with Crippen LogP contribution in [-0.2, 0) is 6.54 Å². The van der Waals surface area contributed by atoms with Crippen molar-refractivity contribution in [1.82, 2.24) is 10.2 Å². The van der Waals surface area contributed by atoms with Crippen LogP contribution in [-0.4, -0.2) is 37.6 Å². The zero-order valence-corrected chi connectivity index (χ0v) is 16.5. The normalized spacial score (nSPS) is 16.0. The SMILES string of the molecule is CCOc1ccc(CNC(=NC)N2CCC(C)CC2)cc1F.I. The van der Waals surface area contributed by atoms with Gasteiger partial charge < -0.3 is 15.0 Å². The maximum atomic E-state index is 13.8. The number of piperidine rings is 1. The van der Waals surface area contributed by atoms with E-state index in [0.29, 0.717) is 18.9 Å². The Kier molecular flexibility index (Phi) is 8.65. The monoisotopic (exact) mass is 435 g/mol. The largest absolute Gasteiger partial charge is 0.491 e. The van der Waals surface area contributed by atoms with Gasteiger partial charge in [0.15, 0.2) is 17.5 Å². The van der Waals surface area contributed by atoms with Crippen molar-refractivity contribution in [2.24, 2.45) is 10.9 Å². The van der Waals surface area contributed by atoms with Gasteiger partial charge in [-0.15, -0.1) is 24.0 Å². The molecule has 1 aliphatic heterocycles. The topological polar surface area (TPSA) is 36.9 Å². The maximum absolute atomic E-state index is 13.8. The first kappa shape index (κ1) is 20.0. The molecular formula is C17H27FIN3O. The van der Waals surface area contributed by atoms with Crippen LogP contribution in [0.3, 0.4) is 0 Å². The Balaban J connectivity index is 0.00000264. The van der Waals surface area contributed by atoms with E-state index in [-0.39, 0.29) is 29.8 Å². The predicted octanol–water partition coefficient (Wildman–Crippen LogP) is 3.65. The molecule has 1 saturated heterocycles. The molecule has 0 bridgehead atoms. The van der Waals surface area contributed by atoms with Crippen LogP contribution < -0.4 is 10.1 Å². The van der Waals surface area contributed by atoms with Gasteiger partial charge in [-0.25, -0.2) is 4.39 Å². The lowest BCUT2D eigenvalue weighted by atomic mass is 9.99. The summed E-state index contributed by atoms with van der Waals surface area (Å²) >= 11 is 0. The number of rotatable bonds is 4. The Morgan fingerprint density at radius 2 is 2.09 bits per heavy atom. The number of guanidine groups is 1. The number of nitrogens with one attached hydrogen (secondary N) is 1. The average Bonchev–Trinajstić information content (AvgIpc) is 2.52. The highest BCUT2D eigenvalue weighted by Crippen LogP contribution is 2.19. The molecule has 1 aromatic carbocycles. The van der Waals surface area contributed by atoms with Crippen LogP contribution in [0, 0.1) is 11.7 Å². The molecule has 0 aromatic heterocycles. The molecule has 0 amide bonds. The number of aliphatic imine (C=N–C) groups is 1. The van der Waals surface area contributed by atoms with E-state index in [9.17, 15) is 4.39 Å². The summed E-state index contributed by atoms with van der Waals surface area (Å²) in [5.74, 6) is 1.67. The molecule has 2 rings (SSSR count). The highest BCUT2D eigenvalue weighted by atomic mass is 127. The number of benzene rings is 1. The van der Waals surface area contributed by atoms with Gasteiger partial charge in [0.2, 0.25) is 0 Å². The Hall–Kier alpha value is -1.05. The van der Waals surface area contributed by atoms with Gasteiger partial charge in [0.05, 0.1) is 6.61 Å². The van der Waals surface area contributed by atoms with Crippen LogP contribution in [0.4, 0.5) is 4.39 Å². The number of nitrogens with zero attached hydrogens (tertiary/aromatic N) is 2. The number of hydrogen-bond acceptors (Lipinski definition) is 2. The van der Waals surface area contributed by atoms with Gasteiger partial charge in [-0.05, 0) is 43.4 Å². The average molecular weight is 435 g/mol. The van der Waals surface area contributed by atoms with Crippen molar-refractivity contribution in [3.63, 3.8) is 0 Å². The van der Waals surface area contributed by atoms with Crippen LogP contribution in [0.25, 0.3) is 0 Å². The molecule has 0 atom stereocenters. The molecule has 0 saturated carbocycles. The highest BCUT2D eigenvalue weighted by Gasteiger charge is 2.18. The summed E-state index contributed by atoms with van der Waals surface area (Å²) < 4.78 is 19.1. The number of ether oxygens (including phenoxy) is 1. The van der Waals surface area contributed by atoms with Gasteiger partial charge in [0.25, 0.3) is 0 Å². The van der Waals surface area contributed by atoms with Crippen LogP contribution >= 0.6 is 24.0 Å². The zero-order valence-electron chi connectivity index (χ0n) is 14.1. The highest BCUT2D eigenvalue weighted by molar-refractivity contribution is 14.0. The van der Waals surface area contributed by atoms with E-state index in [0.717, 1.165) is 30.5 Å². The minimum atomic E-state index is -0.317. The molecule has 1 fully saturated rings. The lowest BCUT2D eigenvalue weighted by Crippen LogP contribution is -2.45. The maximum Gasteiger partial charge on any atom is 0.193 e. The minimum absolute atomic E-state index is 0. The van der Waals surface area contributed by atoms with Crippen LogP contribution in [0.2, 0.25) is 0 Å². The Morgan fingerprint density at radius 3 is 2.65 bits per heavy atom. The molecule has 1 N–H and O–H groups in total. The molecule has 1 aromatic rings. The third-order valence-corrected chi connectivity index (χ3v) is 4.04. The van der Waals surface area contributed by atoms with Crippen molar-refractivity contribution in [3.8, 4) is 5.75 Å². The summed E-state index contributed by atoms with van der Waals surface area (Å²) in [5.41, 5.74) is 0.882. The first-order valence-corrected chi connectivity index (χ1v) is 8.00. The molecule has 6 heteroatoms. The van der Waals surface area contributed by atoms with E-state index in [4.69, 9.17) is 4.74 Å². The lowest BCUT2D eigenvalue weighted by Gasteiger charge is -2.32. The quantitative estimate of drug-likeness (QED) is 0.446. The first-order valence-electron chi connectivity index (χ1n) is 8.00. The van der Waals surface area contributed by atoms with E-state index in [1.54, 1.807) is 13.1 Å². The summed E-state index contributed by atoms with van der Waals surface area (Å²) in [6.07, 6.45) is 2.39. The summed E-state index contributed by atoms with van der Waals surface area (Å²) in [6, 6.07) is 5.08. The molecule has 1 heterocycles. The zero-order chi connectivity index (χ0) is 15.9. The Bertz CT molecular complexity index is 517. The molecular weight excluding hydrogens is 408 g/mol. The van der Waals surface area contributed by atoms with Crippen LogP contribution in [0.15, 0.2) is 23.2 Å². The van der Waals surface area contributed by atoms with Gasteiger partial charge in [-0.3, -0.25) is 4.99 Å². The summed E-state index contributed by atoms with van der Waals surface area (Å²) in [4.78, 5) is 6.60. The van der Waals surface area contributed by atoms with Crippen molar-refractivity contribution >= 4 is 29.9 Å². The fourth-order valence-corrected chi connectivity index (χ4v) is 2.66. The van der Waals surface area contributed by atoms with Gasteiger partial charge in [0, 0.05) is 26.7 Å². The second-order valence-electron chi connectivity index (χ2n) is 5.77. The van der Waals surface area contributed by atoms with E-state index in [1.807, 2.05) is 13.0 Å². The summed E-state index contributed by atoms with van der Waals surface area (Å²) in [6.45, 7) is 7.21. The lowest BCUT2D eigenvalue weighted by molar-refractivity contribution is 0.273. The number of likely N-dealkylation sites (tertiary alicyclic amines) is 1. The molecule has 0 aliphatic carbocycles. The molecule has 4 nitrogen and oxygen atoms in total. The van der Waals surface area contributed by atoms with Crippen molar-refractivity contribution in [1.29, 1.82) is 0 Å². The van der Waals surface area contributed by atoms with Crippen LogP contribution in [0.5, 0.6) is 5.75 Å². The van der Waals surface area contributed by atoms with E-state index < -0.39 is 0 Å². The second-order valence-corrected chi connectivity index (χ2v) is 5.77. The smallest absolute Gasteiger partial charge is 0.193 e. The second kappa shape index (κ2) is 9.95. The predicted molar refractivity (Wildman–Crippen MR) is 103 cm³/mol. The number of halogens is 2. The van der Waals surface area contributed by atoms with Crippen molar-refractivity contribution in [3.05, 3.63) is 29.6 Å². The van der Waals surface area contributed by atoms with Crippen molar-refractivity contribution in [2.45, 2.75) is 33.2 Å². The molecule has 0 spiro atoms. The third-order valence-electron chi connectivity index (χ3n) is 4.04. The standard InChI is InChI=1S/C17H26FN3O.HI/c1-4-22-16-6-5-14(11-15(16)18)12-20-17(19-3)21-9-7-13(2)8-10-21;/h5-6,11,13H,4,7-10,12H2,1-3H3,(H,19,20);1H. The Labute approximate surface area is 155 Å². The fraction of sp³-hybridized carbons (Fsp3) is 0.588. The third kappa shape index (κ3) is 5.82.